The number of aryl methyl sites for hydroxylation is 1. The van der Waals surface area contributed by atoms with Crippen LogP contribution >= 0.6 is 0 Å². The Bertz CT molecular complexity index is 936. The summed E-state index contributed by atoms with van der Waals surface area (Å²) in [4.78, 5) is 2.58. The molecule has 0 bridgehead atoms. The number of nitrogens with zero attached hydrogens (tertiary/aromatic N) is 2. The number of fused-ring (bicyclic) bond motifs is 3. The minimum absolute atomic E-state index is 0.0843. The highest BCUT2D eigenvalue weighted by molar-refractivity contribution is 6.09. The average molecular weight is 323 g/mol. The number of anilines is 1. The summed E-state index contributed by atoms with van der Waals surface area (Å²) in [6.45, 7) is 10.3. The van der Waals surface area contributed by atoms with Crippen LogP contribution in [0.25, 0.3) is 21.9 Å². The first-order valence-corrected chi connectivity index (χ1v) is 8.75. The van der Waals surface area contributed by atoms with Gasteiger partial charge in [0.1, 0.15) is 12.1 Å². The van der Waals surface area contributed by atoms with Crippen LogP contribution in [-0.2, 0) is 0 Å². The van der Waals surface area contributed by atoms with Gasteiger partial charge in [0.2, 0.25) is 0 Å². The van der Waals surface area contributed by atoms with Crippen LogP contribution in [0, 0.1) is 6.92 Å². The lowest BCUT2D eigenvalue weighted by Crippen LogP contribution is -2.48. The van der Waals surface area contributed by atoms with Gasteiger partial charge in [0.25, 0.3) is 0 Å². The van der Waals surface area contributed by atoms with Crippen LogP contribution in [0.15, 0.2) is 40.8 Å². The van der Waals surface area contributed by atoms with Crippen molar-refractivity contribution in [3.05, 3.63) is 42.0 Å². The molecule has 0 spiro atoms. The molecule has 3 nitrogen and oxygen atoms in total. The van der Waals surface area contributed by atoms with E-state index in [2.05, 4.69) is 77.0 Å². The number of hydrogen-bond acceptors (Lipinski definition) is 2. The molecule has 0 N–H and O–H groups in total. The van der Waals surface area contributed by atoms with Gasteiger partial charge >= 0.3 is 0 Å². The van der Waals surface area contributed by atoms with Gasteiger partial charge in [-0.25, -0.2) is 0 Å². The number of likely N-dealkylation sites (N-methyl/N-ethyl adjacent to an activating group) is 1. The van der Waals surface area contributed by atoms with Gasteiger partial charge in [0.05, 0.1) is 25.3 Å². The average Bonchev–Trinajstić information content (AvgIpc) is 2.93. The standard InChI is InChI=1S/C21H27N2O/c1-14-11-12-17-16-9-7-8-10-18(16)24-20(17)19(14)22-15(2)23(5,6)13-21(22,3)4/h7-12,15H,13H2,1-6H3/q+1. The normalized spacial score (nSPS) is 22.6. The molecule has 24 heavy (non-hydrogen) atoms. The van der Waals surface area contributed by atoms with E-state index in [1.54, 1.807) is 0 Å². The van der Waals surface area contributed by atoms with Crippen LogP contribution in [0.2, 0.25) is 0 Å². The third-order valence-electron chi connectivity index (χ3n) is 5.80. The maximum absolute atomic E-state index is 6.34. The van der Waals surface area contributed by atoms with Crippen molar-refractivity contribution in [3.63, 3.8) is 0 Å². The lowest BCUT2D eigenvalue weighted by Gasteiger charge is -2.35. The molecular weight excluding hydrogens is 296 g/mol. The summed E-state index contributed by atoms with van der Waals surface area (Å²) in [5, 5.41) is 2.42. The van der Waals surface area contributed by atoms with E-state index in [9.17, 15) is 0 Å². The fourth-order valence-corrected chi connectivity index (χ4v) is 4.69. The number of rotatable bonds is 1. The summed E-state index contributed by atoms with van der Waals surface area (Å²) in [6, 6.07) is 12.8. The summed E-state index contributed by atoms with van der Waals surface area (Å²) in [5.74, 6) is 0. The zero-order chi connectivity index (χ0) is 17.3. The molecule has 1 aliphatic heterocycles. The number of furan rings is 1. The molecule has 3 heteroatoms. The molecule has 1 fully saturated rings. The van der Waals surface area contributed by atoms with Gasteiger partial charge in [-0.2, -0.15) is 0 Å². The van der Waals surface area contributed by atoms with E-state index in [4.69, 9.17) is 4.42 Å². The number of para-hydroxylation sites is 1. The zero-order valence-electron chi connectivity index (χ0n) is 15.6. The molecule has 0 saturated carbocycles. The smallest absolute Gasteiger partial charge is 0.162 e. The molecule has 0 amide bonds. The monoisotopic (exact) mass is 323 g/mol. The molecule has 126 valence electrons. The Morgan fingerprint density at radius 2 is 1.79 bits per heavy atom. The van der Waals surface area contributed by atoms with Crippen molar-refractivity contribution in [2.75, 3.05) is 25.5 Å². The van der Waals surface area contributed by atoms with Gasteiger partial charge in [-0.15, -0.1) is 0 Å². The van der Waals surface area contributed by atoms with Crippen LogP contribution in [0.3, 0.4) is 0 Å². The maximum atomic E-state index is 6.34. The molecule has 1 atom stereocenters. The van der Waals surface area contributed by atoms with Crippen LogP contribution in [0.1, 0.15) is 26.3 Å². The second-order valence-corrected chi connectivity index (χ2v) is 8.46. The zero-order valence-corrected chi connectivity index (χ0v) is 15.6. The lowest BCUT2D eigenvalue weighted by atomic mass is 10.0. The van der Waals surface area contributed by atoms with Crippen molar-refractivity contribution in [1.82, 2.24) is 0 Å². The largest absolute Gasteiger partial charge is 0.454 e. The van der Waals surface area contributed by atoms with E-state index in [0.29, 0.717) is 6.17 Å². The van der Waals surface area contributed by atoms with Crippen molar-refractivity contribution in [1.29, 1.82) is 0 Å². The van der Waals surface area contributed by atoms with Crippen molar-refractivity contribution in [2.24, 2.45) is 0 Å². The lowest BCUT2D eigenvalue weighted by molar-refractivity contribution is -0.900. The minimum atomic E-state index is 0.0843. The van der Waals surface area contributed by atoms with E-state index in [1.807, 2.05) is 6.07 Å². The van der Waals surface area contributed by atoms with Crippen LogP contribution in [0.5, 0.6) is 0 Å². The molecule has 0 radical (unpaired) electrons. The van der Waals surface area contributed by atoms with E-state index in [1.165, 1.54) is 22.0 Å². The molecule has 1 saturated heterocycles. The summed E-state index contributed by atoms with van der Waals surface area (Å²) >= 11 is 0. The van der Waals surface area contributed by atoms with E-state index in [0.717, 1.165) is 22.2 Å². The highest BCUT2D eigenvalue weighted by atomic mass is 16.3. The van der Waals surface area contributed by atoms with Crippen molar-refractivity contribution in [3.8, 4) is 0 Å². The molecule has 2 heterocycles. The maximum Gasteiger partial charge on any atom is 0.162 e. The molecule has 1 aliphatic rings. The third kappa shape index (κ3) is 2.01. The van der Waals surface area contributed by atoms with Crippen molar-refractivity contribution >= 4 is 27.6 Å². The first kappa shape index (κ1) is 15.5. The van der Waals surface area contributed by atoms with Gasteiger partial charge < -0.3 is 13.8 Å². The molecule has 3 aromatic rings. The van der Waals surface area contributed by atoms with Gasteiger partial charge in [0, 0.05) is 17.7 Å². The fourth-order valence-electron chi connectivity index (χ4n) is 4.69. The summed E-state index contributed by atoms with van der Waals surface area (Å²) < 4.78 is 7.33. The quantitative estimate of drug-likeness (QED) is 0.591. The van der Waals surface area contributed by atoms with Crippen LogP contribution in [0.4, 0.5) is 5.69 Å². The third-order valence-corrected chi connectivity index (χ3v) is 5.80. The molecule has 0 aliphatic carbocycles. The Morgan fingerprint density at radius 3 is 2.46 bits per heavy atom. The SMILES string of the molecule is Cc1ccc2c(oc3ccccc32)c1N1C(C)[N+](C)(C)CC1(C)C. The van der Waals surface area contributed by atoms with Gasteiger partial charge in [-0.1, -0.05) is 30.3 Å². The molecule has 1 aromatic heterocycles. The van der Waals surface area contributed by atoms with Crippen molar-refractivity contribution < 1.29 is 8.90 Å². The molecular formula is C21H27N2O+. The Labute approximate surface area is 144 Å². The number of benzene rings is 2. The second kappa shape index (κ2) is 4.76. The highest BCUT2D eigenvalue weighted by Crippen LogP contribution is 2.44. The highest BCUT2D eigenvalue weighted by Gasteiger charge is 2.51. The first-order valence-electron chi connectivity index (χ1n) is 8.75. The van der Waals surface area contributed by atoms with E-state index in [-0.39, 0.29) is 5.54 Å². The summed E-state index contributed by atoms with van der Waals surface area (Å²) in [7, 11) is 4.64. The minimum Gasteiger partial charge on any atom is -0.454 e. The number of hydrogen-bond donors (Lipinski definition) is 0. The van der Waals surface area contributed by atoms with Crippen molar-refractivity contribution in [2.45, 2.75) is 39.4 Å². The summed E-state index contributed by atoms with van der Waals surface area (Å²) in [6.07, 6.45) is 0.400. The number of quaternary nitrogens is 1. The van der Waals surface area contributed by atoms with E-state index >= 15 is 0 Å². The van der Waals surface area contributed by atoms with Gasteiger partial charge in [-0.3, -0.25) is 0 Å². The predicted molar refractivity (Wildman–Crippen MR) is 101 cm³/mol. The fraction of sp³-hybridized carbons (Fsp3) is 0.429. The van der Waals surface area contributed by atoms with Gasteiger partial charge in [-0.05, 0) is 32.4 Å². The van der Waals surface area contributed by atoms with Crippen LogP contribution in [-0.4, -0.2) is 36.8 Å². The predicted octanol–water partition coefficient (Wildman–Crippen LogP) is 4.92. The van der Waals surface area contributed by atoms with E-state index < -0.39 is 0 Å². The summed E-state index contributed by atoms with van der Waals surface area (Å²) in [5.41, 5.74) is 4.62. The molecule has 1 unspecified atom stereocenters. The topological polar surface area (TPSA) is 16.4 Å². The second-order valence-electron chi connectivity index (χ2n) is 8.46. The first-order chi connectivity index (χ1) is 11.2. The Balaban J connectivity index is 2.04. The molecule has 2 aromatic carbocycles. The Kier molecular flexibility index (Phi) is 3.08. The van der Waals surface area contributed by atoms with Gasteiger partial charge in [0.15, 0.2) is 11.7 Å². The Morgan fingerprint density at radius 1 is 1.08 bits per heavy atom. The van der Waals surface area contributed by atoms with Crippen LogP contribution < -0.4 is 4.90 Å². The Hall–Kier alpha value is -2.00. The molecule has 4 rings (SSSR count).